The summed E-state index contributed by atoms with van der Waals surface area (Å²) in [4.78, 5) is 4.15. The summed E-state index contributed by atoms with van der Waals surface area (Å²) in [5.74, 6) is 5.35. The molecular weight excluding hydrogens is 267 g/mol. The van der Waals surface area contributed by atoms with Gasteiger partial charge in [0.25, 0.3) is 0 Å². The van der Waals surface area contributed by atoms with Crippen molar-refractivity contribution in [3.05, 3.63) is 71.8 Å². The number of hydrazine groups is 1. The molecule has 3 aromatic rings. The number of rotatable bonds is 3. The maximum Gasteiger partial charge on any atom is 0.123 e. The molecule has 4 nitrogen and oxygen atoms in total. The molecule has 5 N–H and O–H groups in total. The van der Waals surface area contributed by atoms with Gasteiger partial charge in [0.15, 0.2) is 0 Å². The van der Waals surface area contributed by atoms with Crippen LogP contribution in [0.4, 0.5) is 10.1 Å². The van der Waals surface area contributed by atoms with E-state index in [9.17, 15) is 4.39 Å². The lowest BCUT2D eigenvalue weighted by Crippen LogP contribution is -2.29. The Labute approximate surface area is 121 Å². The van der Waals surface area contributed by atoms with E-state index in [0.717, 1.165) is 16.3 Å². The van der Waals surface area contributed by atoms with Gasteiger partial charge in [-0.15, -0.1) is 0 Å². The summed E-state index contributed by atoms with van der Waals surface area (Å²) in [5, 5.41) is 1.99. The Morgan fingerprint density at radius 3 is 2.76 bits per heavy atom. The van der Waals surface area contributed by atoms with E-state index in [1.54, 1.807) is 18.5 Å². The fraction of sp³-hybridized carbons (Fsp3) is 0.0625. The molecule has 1 heterocycles. The van der Waals surface area contributed by atoms with E-state index in [2.05, 4.69) is 10.4 Å². The fourth-order valence-corrected chi connectivity index (χ4v) is 2.53. The van der Waals surface area contributed by atoms with E-state index in [1.165, 1.54) is 12.1 Å². The fourth-order valence-electron chi connectivity index (χ4n) is 2.53. The van der Waals surface area contributed by atoms with Crippen molar-refractivity contribution in [1.82, 2.24) is 10.4 Å². The van der Waals surface area contributed by atoms with Gasteiger partial charge in [0.2, 0.25) is 0 Å². The van der Waals surface area contributed by atoms with Crippen molar-refractivity contribution in [3.63, 3.8) is 0 Å². The molecule has 0 fully saturated rings. The van der Waals surface area contributed by atoms with Crippen LogP contribution in [-0.4, -0.2) is 4.98 Å². The molecule has 1 atom stereocenters. The van der Waals surface area contributed by atoms with Crippen molar-refractivity contribution >= 4 is 16.5 Å². The molecule has 21 heavy (non-hydrogen) atoms. The van der Waals surface area contributed by atoms with Gasteiger partial charge in [0.1, 0.15) is 5.82 Å². The molecule has 0 aliphatic carbocycles. The van der Waals surface area contributed by atoms with Crippen molar-refractivity contribution in [1.29, 1.82) is 0 Å². The molecule has 3 rings (SSSR count). The molecule has 0 radical (unpaired) electrons. The molecule has 0 saturated carbocycles. The minimum atomic E-state index is -0.409. The molecule has 0 amide bonds. The number of halogens is 1. The van der Waals surface area contributed by atoms with Gasteiger partial charge in [-0.05, 0) is 35.2 Å². The van der Waals surface area contributed by atoms with Crippen molar-refractivity contribution < 1.29 is 4.39 Å². The van der Waals surface area contributed by atoms with Gasteiger partial charge >= 0.3 is 0 Å². The van der Waals surface area contributed by atoms with E-state index < -0.39 is 6.04 Å². The summed E-state index contributed by atoms with van der Waals surface area (Å²) in [5.41, 5.74) is 10.7. The number of nitrogens with one attached hydrogen (secondary N) is 1. The van der Waals surface area contributed by atoms with Gasteiger partial charge in [-0.3, -0.25) is 10.8 Å². The number of nitrogens with zero attached hydrogens (tertiary/aromatic N) is 1. The van der Waals surface area contributed by atoms with E-state index in [-0.39, 0.29) is 5.82 Å². The number of nitrogen functional groups attached to an aromatic ring is 1. The molecule has 0 aliphatic heterocycles. The van der Waals surface area contributed by atoms with E-state index in [1.807, 2.05) is 24.3 Å². The SMILES string of the molecule is NNC(c1cc(F)ccc1N)c1cccc2ccncc12. The number of aromatic nitrogens is 1. The number of hydrogen-bond donors (Lipinski definition) is 3. The third-order valence-corrected chi connectivity index (χ3v) is 3.55. The van der Waals surface area contributed by atoms with Crippen LogP contribution in [0.3, 0.4) is 0 Å². The molecule has 5 heteroatoms. The zero-order valence-electron chi connectivity index (χ0n) is 11.3. The topological polar surface area (TPSA) is 77.0 Å². The summed E-state index contributed by atoms with van der Waals surface area (Å²) in [6, 6.07) is 11.6. The Bertz CT molecular complexity index is 783. The lowest BCUT2D eigenvalue weighted by atomic mass is 9.94. The van der Waals surface area contributed by atoms with Crippen LogP contribution in [0.15, 0.2) is 54.9 Å². The van der Waals surface area contributed by atoms with Crippen LogP contribution >= 0.6 is 0 Å². The number of pyridine rings is 1. The summed E-state index contributed by atoms with van der Waals surface area (Å²) in [6.45, 7) is 0. The van der Waals surface area contributed by atoms with Crippen molar-refractivity contribution in [2.24, 2.45) is 5.84 Å². The van der Waals surface area contributed by atoms with Crippen molar-refractivity contribution in [3.8, 4) is 0 Å². The van der Waals surface area contributed by atoms with Crippen molar-refractivity contribution in [2.75, 3.05) is 5.73 Å². The summed E-state index contributed by atoms with van der Waals surface area (Å²) < 4.78 is 13.5. The van der Waals surface area contributed by atoms with Gasteiger partial charge in [-0.2, -0.15) is 0 Å². The lowest BCUT2D eigenvalue weighted by Gasteiger charge is -2.20. The van der Waals surface area contributed by atoms with E-state index >= 15 is 0 Å². The van der Waals surface area contributed by atoms with Crippen LogP contribution in [0.1, 0.15) is 17.2 Å². The molecule has 1 unspecified atom stereocenters. The first-order valence-electron chi connectivity index (χ1n) is 6.54. The number of hydrogen-bond acceptors (Lipinski definition) is 4. The van der Waals surface area contributed by atoms with E-state index in [4.69, 9.17) is 11.6 Å². The number of anilines is 1. The van der Waals surface area contributed by atoms with Crippen LogP contribution < -0.4 is 17.0 Å². The second-order valence-corrected chi connectivity index (χ2v) is 4.82. The summed E-state index contributed by atoms with van der Waals surface area (Å²) in [6.07, 6.45) is 3.50. The van der Waals surface area contributed by atoms with Crippen molar-refractivity contribution in [2.45, 2.75) is 6.04 Å². The van der Waals surface area contributed by atoms with Gasteiger partial charge in [-0.1, -0.05) is 18.2 Å². The normalized spacial score (nSPS) is 12.5. The van der Waals surface area contributed by atoms with Crippen LogP contribution in [0.5, 0.6) is 0 Å². The first kappa shape index (κ1) is 13.5. The van der Waals surface area contributed by atoms with Crippen LogP contribution in [-0.2, 0) is 0 Å². The third-order valence-electron chi connectivity index (χ3n) is 3.55. The van der Waals surface area contributed by atoms with Gasteiger partial charge in [0.05, 0.1) is 6.04 Å². The highest BCUT2D eigenvalue weighted by Gasteiger charge is 2.18. The Hall–Kier alpha value is -2.50. The highest BCUT2D eigenvalue weighted by Crippen LogP contribution is 2.31. The van der Waals surface area contributed by atoms with Gasteiger partial charge < -0.3 is 5.73 Å². The van der Waals surface area contributed by atoms with Gasteiger partial charge in [0, 0.05) is 29.0 Å². The average molecular weight is 282 g/mol. The Balaban J connectivity index is 2.21. The smallest absolute Gasteiger partial charge is 0.123 e. The number of nitrogens with two attached hydrogens (primary N) is 2. The Morgan fingerprint density at radius 2 is 1.95 bits per heavy atom. The monoisotopic (exact) mass is 282 g/mol. The molecular formula is C16H15FN4. The Kier molecular flexibility index (Phi) is 3.51. The second kappa shape index (κ2) is 5.47. The summed E-state index contributed by atoms with van der Waals surface area (Å²) in [7, 11) is 0. The molecule has 0 saturated heterocycles. The zero-order valence-corrected chi connectivity index (χ0v) is 11.3. The third kappa shape index (κ3) is 2.44. The molecule has 2 aromatic carbocycles. The standard InChI is InChI=1S/C16H15FN4/c17-11-4-5-15(18)13(8-11)16(21-19)12-3-1-2-10-6-7-20-9-14(10)12/h1-9,16,21H,18-19H2. The maximum atomic E-state index is 13.5. The predicted molar refractivity (Wildman–Crippen MR) is 81.7 cm³/mol. The van der Waals surface area contributed by atoms with Crippen LogP contribution in [0.25, 0.3) is 10.8 Å². The molecule has 0 spiro atoms. The quantitative estimate of drug-likeness (QED) is 0.392. The van der Waals surface area contributed by atoms with Crippen LogP contribution in [0.2, 0.25) is 0 Å². The molecule has 0 bridgehead atoms. The van der Waals surface area contributed by atoms with Crippen LogP contribution in [0, 0.1) is 5.82 Å². The predicted octanol–water partition coefficient (Wildman–Crippen LogP) is 2.51. The largest absolute Gasteiger partial charge is 0.398 e. The molecule has 1 aromatic heterocycles. The highest BCUT2D eigenvalue weighted by atomic mass is 19.1. The van der Waals surface area contributed by atoms with E-state index in [0.29, 0.717) is 11.3 Å². The number of benzene rings is 2. The maximum absolute atomic E-state index is 13.5. The van der Waals surface area contributed by atoms with Gasteiger partial charge in [-0.25, -0.2) is 9.82 Å². The zero-order chi connectivity index (χ0) is 14.8. The summed E-state index contributed by atoms with van der Waals surface area (Å²) >= 11 is 0. The number of fused-ring (bicyclic) bond motifs is 1. The first-order chi connectivity index (χ1) is 10.2. The lowest BCUT2D eigenvalue weighted by molar-refractivity contribution is 0.608. The minimum absolute atomic E-state index is 0.349. The average Bonchev–Trinajstić information content (AvgIpc) is 2.51. The highest BCUT2D eigenvalue weighted by molar-refractivity contribution is 5.85. The molecule has 106 valence electrons. The molecule has 0 aliphatic rings. The second-order valence-electron chi connectivity index (χ2n) is 4.82. The minimum Gasteiger partial charge on any atom is -0.398 e. The first-order valence-corrected chi connectivity index (χ1v) is 6.54. The Morgan fingerprint density at radius 1 is 1.10 bits per heavy atom.